The minimum absolute atomic E-state index is 0.158. The van der Waals surface area contributed by atoms with Gasteiger partial charge in [-0.15, -0.1) is 0 Å². The summed E-state index contributed by atoms with van der Waals surface area (Å²) < 4.78 is 0. The zero-order chi connectivity index (χ0) is 17.6. The number of nitrogens with zero attached hydrogens (tertiary/aromatic N) is 2. The van der Waals surface area contributed by atoms with E-state index in [2.05, 4.69) is 5.32 Å². The quantitative estimate of drug-likeness (QED) is 0.858. The Bertz CT molecular complexity index is 872. The van der Waals surface area contributed by atoms with Crippen LogP contribution >= 0.6 is 0 Å². The van der Waals surface area contributed by atoms with Crippen LogP contribution in [0.3, 0.4) is 0 Å². The molecule has 2 aliphatic rings. The summed E-state index contributed by atoms with van der Waals surface area (Å²) in [4.78, 5) is 40.5. The van der Waals surface area contributed by atoms with E-state index in [1.54, 1.807) is 41.3 Å². The molecular formula is C19H17N3O3. The van der Waals surface area contributed by atoms with Crippen molar-refractivity contribution in [1.82, 2.24) is 5.32 Å². The summed E-state index contributed by atoms with van der Waals surface area (Å²) in [6, 6.07) is 12.0. The smallest absolute Gasteiger partial charge is 0.321 e. The van der Waals surface area contributed by atoms with Crippen molar-refractivity contribution in [3.63, 3.8) is 0 Å². The lowest BCUT2D eigenvalue weighted by Crippen LogP contribution is -2.47. The SMILES string of the molecule is Cc1c(N2CCCNC2=O)cccc1N1C(=O)c2ccccc2C1=O. The van der Waals surface area contributed by atoms with Crippen LogP contribution in [0.25, 0.3) is 0 Å². The number of carbonyl (C=O) groups excluding carboxylic acids is 3. The monoisotopic (exact) mass is 335 g/mol. The second-order valence-corrected chi connectivity index (χ2v) is 6.15. The first-order valence-corrected chi connectivity index (χ1v) is 8.22. The average Bonchev–Trinajstić information content (AvgIpc) is 2.88. The van der Waals surface area contributed by atoms with Crippen molar-refractivity contribution in [2.75, 3.05) is 22.9 Å². The molecule has 1 N–H and O–H groups in total. The van der Waals surface area contributed by atoms with E-state index in [0.29, 0.717) is 35.6 Å². The summed E-state index contributed by atoms with van der Waals surface area (Å²) in [5.41, 5.74) is 2.78. The normalized spacial score (nSPS) is 16.9. The Morgan fingerprint density at radius 3 is 2.16 bits per heavy atom. The molecule has 4 amide bonds. The van der Waals surface area contributed by atoms with E-state index in [4.69, 9.17) is 0 Å². The molecule has 0 unspecified atom stereocenters. The number of carbonyl (C=O) groups is 3. The van der Waals surface area contributed by atoms with E-state index in [9.17, 15) is 14.4 Å². The minimum Gasteiger partial charge on any atom is -0.338 e. The highest BCUT2D eigenvalue weighted by Crippen LogP contribution is 2.35. The molecule has 0 aliphatic carbocycles. The molecule has 2 aliphatic heterocycles. The third kappa shape index (κ3) is 2.29. The second kappa shape index (κ2) is 5.73. The number of hydrogen-bond donors (Lipinski definition) is 1. The van der Waals surface area contributed by atoms with Crippen LogP contribution < -0.4 is 15.1 Å². The third-order valence-electron chi connectivity index (χ3n) is 4.68. The molecular weight excluding hydrogens is 318 g/mol. The molecule has 1 fully saturated rings. The minimum atomic E-state index is -0.330. The number of nitrogens with one attached hydrogen (secondary N) is 1. The summed E-state index contributed by atoms with van der Waals surface area (Å²) in [7, 11) is 0. The molecule has 0 bridgehead atoms. The molecule has 6 nitrogen and oxygen atoms in total. The van der Waals surface area contributed by atoms with Crippen molar-refractivity contribution in [2.24, 2.45) is 0 Å². The van der Waals surface area contributed by atoms with Crippen LogP contribution in [0.4, 0.5) is 16.2 Å². The van der Waals surface area contributed by atoms with Gasteiger partial charge in [-0.1, -0.05) is 18.2 Å². The number of benzene rings is 2. The van der Waals surface area contributed by atoms with E-state index < -0.39 is 0 Å². The van der Waals surface area contributed by atoms with Gasteiger partial charge in [0.05, 0.1) is 22.5 Å². The summed E-state index contributed by atoms with van der Waals surface area (Å²) in [6.07, 6.45) is 0.850. The van der Waals surface area contributed by atoms with Crippen molar-refractivity contribution in [3.05, 3.63) is 59.2 Å². The maximum Gasteiger partial charge on any atom is 0.321 e. The molecule has 0 atom stereocenters. The van der Waals surface area contributed by atoms with Crippen molar-refractivity contribution < 1.29 is 14.4 Å². The van der Waals surface area contributed by atoms with Gasteiger partial charge in [0.1, 0.15) is 0 Å². The molecule has 0 aromatic heterocycles. The van der Waals surface area contributed by atoms with Crippen LogP contribution in [0.15, 0.2) is 42.5 Å². The molecule has 0 radical (unpaired) electrons. The molecule has 4 rings (SSSR count). The van der Waals surface area contributed by atoms with Gasteiger partial charge >= 0.3 is 6.03 Å². The maximum absolute atomic E-state index is 12.7. The van der Waals surface area contributed by atoms with Crippen LogP contribution in [0, 0.1) is 6.92 Å². The second-order valence-electron chi connectivity index (χ2n) is 6.15. The van der Waals surface area contributed by atoms with Crippen LogP contribution in [0.5, 0.6) is 0 Å². The Hall–Kier alpha value is -3.15. The first kappa shape index (κ1) is 15.4. The number of urea groups is 1. The molecule has 2 aromatic rings. The molecule has 1 saturated heterocycles. The molecule has 126 valence electrons. The lowest BCUT2D eigenvalue weighted by molar-refractivity contribution is 0.0926. The zero-order valence-corrected chi connectivity index (χ0v) is 13.8. The van der Waals surface area contributed by atoms with Gasteiger partial charge in [-0.05, 0) is 43.2 Å². The highest BCUT2D eigenvalue weighted by molar-refractivity contribution is 6.34. The van der Waals surface area contributed by atoms with Gasteiger partial charge in [-0.3, -0.25) is 14.5 Å². The number of amides is 4. The molecule has 0 saturated carbocycles. The third-order valence-corrected chi connectivity index (χ3v) is 4.68. The van der Waals surface area contributed by atoms with Crippen LogP contribution in [-0.2, 0) is 0 Å². The van der Waals surface area contributed by atoms with E-state index in [1.807, 2.05) is 13.0 Å². The van der Waals surface area contributed by atoms with E-state index in [1.165, 1.54) is 4.90 Å². The highest BCUT2D eigenvalue weighted by atomic mass is 16.2. The first-order valence-electron chi connectivity index (χ1n) is 8.22. The van der Waals surface area contributed by atoms with Crippen molar-refractivity contribution in [1.29, 1.82) is 0 Å². The Labute approximate surface area is 145 Å². The van der Waals surface area contributed by atoms with Crippen LogP contribution in [0.1, 0.15) is 32.7 Å². The lowest BCUT2D eigenvalue weighted by atomic mass is 10.1. The summed E-state index contributed by atoms with van der Waals surface area (Å²) in [5, 5.41) is 2.82. The lowest BCUT2D eigenvalue weighted by Gasteiger charge is -2.30. The molecule has 6 heteroatoms. The van der Waals surface area contributed by atoms with Crippen LogP contribution in [0.2, 0.25) is 0 Å². The standard InChI is InChI=1S/C19H17N3O3/c1-12-15(21-11-5-10-20-19(21)25)8-4-9-16(12)22-17(23)13-6-2-3-7-14(13)18(22)24/h2-4,6-9H,5,10-11H2,1H3,(H,20,25). The van der Waals surface area contributed by atoms with Gasteiger partial charge < -0.3 is 5.32 Å². The van der Waals surface area contributed by atoms with Gasteiger partial charge in [0.2, 0.25) is 0 Å². The number of fused-ring (bicyclic) bond motifs is 1. The molecule has 2 aromatic carbocycles. The van der Waals surface area contributed by atoms with E-state index in [-0.39, 0.29) is 17.8 Å². The summed E-state index contributed by atoms with van der Waals surface area (Å²) in [5.74, 6) is -0.659. The topological polar surface area (TPSA) is 69.7 Å². The molecule has 0 spiro atoms. The largest absolute Gasteiger partial charge is 0.338 e. The average molecular weight is 335 g/mol. The summed E-state index contributed by atoms with van der Waals surface area (Å²) >= 11 is 0. The molecule has 25 heavy (non-hydrogen) atoms. The fraction of sp³-hybridized carbons (Fsp3) is 0.211. The van der Waals surface area contributed by atoms with E-state index >= 15 is 0 Å². The molecule has 2 heterocycles. The van der Waals surface area contributed by atoms with Gasteiger partial charge in [0, 0.05) is 13.1 Å². The number of anilines is 2. The van der Waals surface area contributed by atoms with Gasteiger partial charge in [-0.2, -0.15) is 0 Å². The fourth-order valence-corrected chi connectivity index (χ4v) is 3.41. The highest BCUT2D eigenvalue weighted by Gasteiger charge is 2.37. The summed E-state index contributed by atoms with van der Waals surface area (Å²) in [6.45, 7) is 3.10. The van der Waals surface area contributed by atoms with Crippen molar-refractivity contribution in [3.8, 4) is 0 Å². The number of hydrogen-bond acceptors (Lipinski definition) is 3. The number of rotatable bonds is 2. The fourth-order valence-electron chi connectivity index (χ4n) is 3.41. The van der Waals surface area contributed by atoms with Gasteiger partial charge in [-0.25, -0.2) is 9.69 Å². The van der Waals surface area contributed by atoms with Gasteiger partial charge in [0.15, 0.2) is 0 Å². The predicted molar refractivity (Wildman–Crippen MR) is 94.1 cm³/mol. The van der Waals surface area contributed by atoms with Crippen LogP contribution in [-0.4, -0.2) is 30.9 Å². The maximum atomic E-state index is 12.7. The van der Waals surface area contributed by atoms with Crippen molar-refractivity contribution in [2.45, 2.75) is 13.3 Å². The Morgan fingerprint density at radius 2 is 1.52 bits per heavy atom. The number of imide groups is 1. The zero-order valence-electron chi connectivity index (χ0n) is 13.8. The Morgan fingerprint density at radius 1 is 0.880 bits per heavy atom. The Kier molecular flexibility index (Phi) is 3.53. The first-order chi connectivity index (χ1) is 12.1. The predicted octanol–water partition coefficient (Wildman–Crippen LogP) is 2.72. The Balaban J connectivity index is 1.78. The van der Waals surface area contributed by atoms with E-state index in [0.717, 1.165) is 12.0 Å². The van der Waals surface area contributed by atoms with Crippen molar-refractivity contribution >= 4 is 29.2 Å². The van der Waals surface area contributed by atoms with Gasteiger partial charge in [0.25, 0.3) is 11.8 Å².